The third-order valence-corrected chi connectivity index (χ3v) is 7.48. The largest absolute Gasteiger partial charge is 0.385 e. The molecule has 4 saturated heterocycles. The predicted molar refractivity (Wildman–Crippen MR) is 132 cm³/mol. The molecule has 0 N–H and O–H groups in total. The van der Waals surface area contributed by atoms with E-state index in [0.717, 1.165) is 12.0 Å². The average molecular weight is 523 g/mol. The summed E-state index contributed by atoms with van der Waals surface area (Å²) in [6.45, 7) is 10.4. The molecule has 37 heavy (non-hydrogen) atoms. The molecule has 0 amide bonds. The van der Waals surface area contributed by atoms with E-state index in [-0.39, 0.29) is 48.8 Å². The van der Waals surface area contributed by atoms with E-state index in [1.165, 1.54) is 0 Å². The first-order valence-electron chi connectivity index (χ1n) is 13.5. The summed E-state index contributed by atoms with van der Waals surface area (Å²) in [7, 11) is 1.70. The van der Waals surface area contributed by atoms with Crippen molar-refractivity contribution in [3.63, 3.8) is 0 Å². The van der Waals surface area contributed by atoms with E-state index in [1.807, 2.05) is 45.9 Å². The van der Waals surface area contributed by atoms with Crippen LogP contribution < -0.4 is 0 Å². The molecule has 4 aliphatic rings. The van der Waals surface area contributed by atoms with E-state index in [2.05, 4.69) is 12.1 Å². The fourth-order valence-corrected chi connectivity index (χ4v) is 5.78. The van der Waals surface area contributed by atoms with Crippen LogP contribution in [-0.2, 0) is 49.2 Å². The number of rotatable bonds is 12. The molecule has 0 aromatic heterocycles. The minimum absolute atomic E-state index is 0.0312. The van der Waals surface area contributed by atoms with Gasteiger partial charge in [0.15, 0.2) is 24.2 Å². The summed E-state index contributed by atoms with van der Waals surface area (Å²) in [4.78, 5) is 0. The highest BCUT2D eigenvalue weighted by atomic mass is 16.8. The number of fused-ring (bicyclic) bond motifs is 2. The van der Waals surface area contributed by atoms with E-state index in [9.17, 15) is 0 Å². The van der Waals surface area contributed by atoms with Gasteiger partial charge in [0.05, 0.1) is 32.0 Å². The van der Waals surface area contributed by atoms with Gasteiger partial charge in [0, 0.05) is 32.2 Å². The summed E-state index contributed by atoms with van der Waals surface area (Å²) in [5, 5.41) is 0. The molecule has 0 saturated carbocycles. The molecule has 0 spiro atoms. The zero-order valence-corrected chi connectivity index (χ0v) is 22.6. The molecule has 1 aromatic rings. The Morgan fingerprint density at radius 1 is 0.703 bits per heavy atom. The molecule has 9 heteroatoms. The number of hydrogen-bond donors (Lipinski definition) is 0. The Labute approximate surface area is 219 Å². The van der Waals surface area contributed by atoms with Crippen molar-refractivity contribution in [3.05, 3.63) is 35.9 Å². The molecule has 4 fully saturated rings. The normalized spacial score (nSPS) is 37.6. The fraction of sp³-hybridized carbons (Fsp3) is 0.786. The first-order chi connectivity index (χ1) is 17.7. The van der Waals surface area contributed by atoms with Crippen molar-refractivity contribution in [1.82, 2.24) is 0 Å². The highest BCUT2D eigenvalue weighted by molar-refractivity contribution is 5.13. The van der Waals surface area contributed by atoms with Gasteiger partial charge in [-0.05, 0) is 46.1 Å². The van der Waals surface area contributed by atoms with Gasteiger partial charge in [-0.3, -0.25) is 0 Å². The summed E-state index contributed by atoms with van der Waals surface area (Å²) in [5.74, 6) is -1.19. The van der Waals surface area contributed by atoms with Crippen molar-refractivity contribution < 1.29 is 42.6 Å². The van der Waals surface area contributed by atoms with Gasteiger partial charge in [-0.1, -0.05) is 30.3 Å². The average Bonchev–Trinajstić information content (AvgIpc) is 3.51. The molecule has 9 nitrogen and oxygen atoms in total. The molecule has 208 valence electrons. The van der Waals surface area contributed by atoms with Crippen LogP contribution in [0.1, 0.15) is 46.1 Å². The Morgan fingerprint density at radius 3 is 1.81 bits per heavy atom. The second-order valence-corrected chi connectivity index (χ2v) is 11.3. The van der Waals surface area contributed by atoms with E-state index < -0.39 is 11.6 Å². The Morgan fingerprint density at radius 2 is 1.24 bits per heavy atom. The van der Waals surface area contributed by atoms with Crippen molar-refractivity contribution in [2.45, 2.75) is 95.7 Å². The quantitative estimate of drug-likeness (QED) is 0.382. The minimum Gasteiger partial charge on any atom is -0.385 e. The number of methoxy groups -OCH3 is 1. The first-order valence-corrected chi connectivity index (χ1v) is 13.5. The van der Waals surface area contributed by atoms with Crippen LogP contribution in [0.15, 0.2) is 30.3 Å². The maximum atomic E-state index is 6.29. The van der Waals surface area contributed by atoms with E-state index >= 15 is 0 Å². The topological polar surface area (TPSA) is 83.1 Å². The Bertz CT molecular complexity index is 862. The van der Waals surface area contributed by atoms with E-state index in [0.29, 0.717) is 39.5 Å². The summed E-state index contributed by atoms with van der Waals surface area (Å²) in [5.41, 5.74) is 1.14. The molecular weight excluding hydrogens is 480 g/mol. The van der Waals surface area contributed by atoms with E-state index in [4.69, 9.17) is 42.6 Å². The molecule has 0 bridgehead atoms. The number of benzene rings is 1. The van der Waals surface area contributed by atoms with Gasteiger partial charge in [0.1, 0.15) is 12.2 Å². The van der Waals surface area contributed by atoms with Gasteiger partial charge in [-0.25, -0.2) is 0 Å². The van der Waals surface area contributed by atoms with Crippen LogP contribution in [0.3, 0.4) is 0 Å². The summed E-state index contributed by atoms with van der Waals surface area (Å²) in [6.07, 6.45) is 0.301. The van der Waals surface area contributed by atoms with Gasteiger partial charge >= 0.3 is 0 Å². The third-order valence-electron chi connectivity index (χ3n) is 7.48. The standard InChI is InChI=1S/C28H42O9/c1-27(2)34-23-19(21(11-13-29-5)32-25(23)36-27)16-30-14-12-22-20(17-31-15-18-9-7-6-8-10-18)24-26(33-22)37-28(3,4)35-24/h6-10,19-26H,11-17H2,1-5H3/t19-,20-,21-,22-,23-,24-,25-,26-/m1/s1. The fourth-order valence-electron chi connectivity index (χ4n) is 5.78. The molecule has 0 aliphatic carbocycles. The lowest BCUT2D eigenvalue weighted by Crippen LogP contribution is -2.35. The van der Waals surface area contributed by atoms with Crippen molar-refractivity contribution in [1.29, 1.82) is 0 Å². The maximum absolute atomic E-state index is 6.29. The lowest BCUT2D eigenvalue weighted by atomic mass is 9.96. The Kier molecular flexibility index (Phi) is 8.55. The first kappa shape index (κ1) is 27.4. The van der Waals surface area contributed by atoms with Crippen molar-refractivity contribution in [3.8, 4) is 0 Å². The van der Waals surface area contributed by atoms with Crippen LogP contribution in [0.5, 0.6) is 0 Å². The van der Waals surface area contributed by atoms with Crippen molar-refractivity contribution >= 4 is 0 Å². The lowest BCUT2D eigenvalue weighted by Gasteiger charge is -2.27. The van der Waals surface area contributed by atoms with E-state index in [1.54, 1.807) is 7.11 Å². The van der Waals surface area contributed by atoms with Crippen LogP contribution in [0, 0.1) is 11.8 Å². The predicted octanol–water partition coefficient (Wildman–Crippen LogP) is 3.63. The highest BCUT2D eigenvalue weighted by Gasteiger charge is 2.55. The molecule has 4 heterocycles. The minimum atomic E-state index is -0.665. The molecule has 1 aromatic carbocycles. The van der Waals surface area contributed by atoms with Crippen LogP contribution in [0.4, 0.5) is 0 Å². The zero-order valence-electron chi connectivity index (χ0n) is 22.6. The van der Waals surface area contributed by atoms with Crippen LogP contribution in [0.2, 0.25) is 0 Å². The summed E-state index contributed by atoms with van der Waals surface area (Å²) < 4.78 is 54.3. The zero-order chi connectivity index (χ0) is 26.0. The third kappa shape index (κ3) is 6.54. The van der Waals surface area contributed by atoms with Gasteiger partial charge in [-0.2, -0.15) is 0 Å². The highest BCUT2D eigenvalue weighted by Crippen LogP contribution is 2.43. The molecule has 0 radical (unpaired) electrons. The second kappa shape index (κ2) is 11.5. The lowest BCUT2D eigenvalue weighted by molar-refractivity contribution is -0.215. The van der Waals surface area contributed by atoms with Crippen molar-refractivity contribution in [2.75, 3.05) is 33.5 Å². The monoisotopic (exact) mass is 522 g/mol. The Balaban J connectivity index is 1.14. The number of hydrogen-bond acceptors (Lipinski definition) is 9. The maximum Gasteiger partial charge on any atom is 0.187 e. The number of ether oxygens (including phenoxy) is 9. The second-order valence-electron chi connectivity index (χ2n) is 11.3. The summed E-state index contributed by atoms with van der Waals surface area (Å²) >= 11 is 0. The molecule has 5 rings (SSSR count). The van der Waals surface area contributed by atoms with Gasteiger partial charge < -0.3 is 42.6 Å². The van der Waals surface area contributed by atoms with Crippen LogP contribution in [0.25, 0.3) is 0 Å². The Hall–Kier alpha value is -1.14. The smallest absolute Gasteiger partial charge is 0.187 e. The van der Waals surface area contributed by atoms with Crippen LogP contribution >= 0.6 is 0 Å². The molecular formula is C28H42O9. The molecule has 8 atom stereocenters. The summed E-state index contributed by atoms with van der Waals surface area (Å²) in [6, 6.07) is 10.2. The van der Waals surface area contributed by atoms with Crippen molar-refractivity contribution in [2.24, 2.45) is 11.8 Å². The van der Waals surface area contributed by atoms with Gasteiger partial charge in [0.25, 0.3) is 0 Å². The molecule has 0 unspecified atom stereocenters. The molecule has 4 aliphatic heterocycles. The van der Waals surface area contributed by atoms with Gasteiger partial charge in [0.2, 0.25) is 0 Å². The van der Waals surface area contributed by atoms with Gasteiger partial charge in [-0.15, -0.1) is 0 Å². The SMILES string of the molecule is COCC[C@H]1O[C@@H]2OC(C)(C)O[C@@H]2[C@@H]1COCC[C@H]1O[C@@H]2OC(C)(C)O[C@@H]2[C@@H]1COCc1ccccc1. The van der Waals surface area contributed by atoms with Crippen LogP contribution in [-0.4, -0.2) is 82.1 Å².